The number of carbonyl (C=O) groups is 1. The Morgan fingerprint density at radius 2 is 1.95 bits per heavy atom. The van der Waals surface area contributed by atoms with Crippen LogP contribution in [0.15, 0.2) is 36.5 Å². The van der Waals surface area contributed by atoms with Crippen LogP contribution in [-0.4, -0.2) is 21.6 Å². The standard InChI is InChI=1S/C14H17N5O.ClH/c1-9(2)12-11(13(20)18-14(15)16)8-17-19(12)10-6-4-3-5-7-10;/h3-9H,1-2H3,(H4,15,16,18,20);1H. The van der Waals surface area contributed by atoms with Crippen molar-refractivity contribution >= 4 is 24.3 Å². The van der Waals surface area contributed by atoms with Crippen LogP contribution < -0.4 is 11.1 Å². The molecule has 0 atom stereocenters. The third-order valence-corrected chi connectivity index (χ3v) is 2.85. The minimum absolute atomic E-state index is 0. The van der Waals surface area contributed by atoms with E-state index in [1.54, 1.807) is 4.68 Å². The van der Waals surface area contributed by atoms with Crippen LogP contribution in [0.3, 0.4) is 0 Å². The SMILES string of the molecule is CC(C)c1c(C(=O)NC(=N)N)cnn1-c1ccccc1.Cl. The molecule has 0 spiro atoms. The summed E-state index contributed by atoms with van der Waals surface area (Å²) in [5.74, 6) is -0.689. The fraction of sp³-hybridized carbons (Fsp3) is 0.214. The van der Waals surface area contributed by atoms with Gasteiger partial charge in [-0.15, -0.1) is 12.4 Å². The summed E-state index contributed by atoms with van der Waals surface area (Å²) in [7, 11) is 0. The lowest BCUT2D eigenvalue weighted by molar-refractivity contribution is 0.0975. The number of benzene rings is 1. The van der Waals surface area contributed by atoms with Gasteiger partial charge in [-0.3, -0.25) is 15.5 Å². The molecule has 7 heteroatoms. The molecule has 1 heterocycles. The van der Waals surface area contributed by atoms with Crippen LogP contribution in [0.25, 0.3) is 5.69 Å². The van der Waals surface area contributed by atoms with E-state index in [1.165, 1.54) is 6.20 Å². The lowest BCUT2D eigenvalue weighted by Crippen LogP contribution is -2.36. The van der Waals surface area contributed by atoms with Crippen molar-refractivity contribution in [1.82, 2.24) is 15.1 Å². The summed E-state index contributed by atoms with van der Waals surface area (Å²) in [5.41, 5.74) is 7.30. The molecule has 0 radical (unpaired) electrons. The summed E-state index contributed by atoms with van der Waals surface area (Å²) in [4.78, 5) is 12.0. The molecule has 0 aliphatic heterocycles. The highest BCUT2D eigenvalue weighted by atomic mass is 35.5. The van der Waals surface area contributed by atoms with E-state index in [4.69, 9.17) is 11.1 Å². The highest BCUT2D eigenvalue weighted by Gasteiger charge is 2.20. The number of hydrogen-bond donors (Lipinski definition) is 3. The van der Waals surface area contributed by atoms with Crippen molar-refractivity contribution in [3.05, 3.63) is 47.8 Å². The highest BCUT2D eigenvalue weighted by molar-refractivity contribution is 6.05. The summed E-state index contributed by atoms with van der Waals surface area (Å²) in [6, 6.07) is 9.59. The van der Waals surface area contributed by atoms with Gasteiger partial charge in [-0.1, -0.05) is 32.0 Å². The second-order valence-corrected chi connectivity index (χ2v) is 4.71. The molecular formula is C14H18ClN5O. The van der Waals surface area contributed by atoms with Crippen molar-refractivity contribution in [2.45, 2.75) is 19.8 Å². The molecule has 2 rings (SSSR count). The Balaban J connectivity index is 0.00000220. The van der Waals surface area contributed by atoms with Gasteiger partial charge in [-0.25, -0.2) is 4.68 Å². The Morgan fingerprint density at radius 3 is 2.48 bits per heavy atom. The normalized spacial score (nSPS) is 10.0. The molecular weight excluding hydrogens is 290 g/mol. The van der Waals surface area contributed by atoms with Crippen LogP contribution >= 0.6 is 12.4 Å². The molecule has 0 aliphatic rings. The first kappa shape index (κ1) is 16.7. The maximum absolute atomic E-state index is 12.0. The van der Waals surface area contributed by atoms with Crippen molar-refractivity contribution in [1.29, 1.82) is 5.41 Å². The van der Waals surface area contributed by atoms with Crippen LogP contribution in [-0.2, 0) is 0 Å². The number of nitrogens with one attached hydrogen (secondary N) is 2. The van der Waals surface area contributed by atoms with Crippen molar-refractivity contribution in [3.63, 3.8) is 0 Å². The van der Waals surface area contributed by atoms with Gasteiger partial charge in [0.1, 0.15) is 0 Å². The van der Waals surface area contributed by atoms with E-state index in [0.717, 1.165) is 11.4 Å². The van der Waals surface area contributed by atoms with Gasteiger partial charge >= 0.3 is 0 Å². The Hall–Kier alpha value is -2.34. The van der Waals surface area contributed by atoms with Gasteiger partial charge in [0.2, 0.25) is 0 Å². The molecule has 6 nitrogen and oxygen atoms in total. The molecule has 1 aromatic carbocycles. The van der Waals surface area contributed by atoms with Crippen LogP contribution in [0.2, 0.25) is 0 Å². The van der Waals surface area contributed by atoms with Gasteiger partial charge in [-0.2, -0.15) is 5.10 Å². The summed E-state index contributed by atoms with van der Waals surface area (Å²) in [6.45, 7) is 3.97. The minimum Gasteiger partial charge on any atom is -0.370 e. The molecule has 0 bridgehead atoms. The average molecular weight is 308 g/mol. The van der Waals surface area contributed by atoms with Crippen LogP contribution in [0.1, 0.15) is 35.8 Å². The predicted octanol–water partition coefficient (Wildman–Crippen LogP) is 2.04. The van der Waals surface area contributed by atoms with E-state index in [9.17, 15) is 4.79 Å². The molecule has 0 fully saturated rings. The summed E-state index contributed by atoms with van der Waals surface area (Å²) < 4.78 is 1.74. The zero-order valence-corrected chi connectivity index (χ0v) is 12.6. The molecule has 4 N–H and O–H groups in total. The van der Waals surface area contributed by atoms with Crippen LogP contribution in [0, 0.1) is 5.41 Å². The van der Waals surface area contributed by atoms with Crippen LogP contribution in [0.4, 0.5) is 0 Å². The third-order valence-electron chi connectivity index (χ3n) is 2.85. The summed E-state index contributed by atoms with van der Waals surface area (Å²) in [5, 5.41) is 13.7. The number of hydrogen-bond acceptors (Lipinski definition) is 3. The second kappa shape index (κ2) is 6.90. The first-order valence-corrected chi connectivity index (χ1v) is 6.29. The lowest BCUT2D eigenvalue weighted by atomic mass is 10.1. The molecule has 21 heavy (non-hydrogen) atoms. The molecule has 0 unspecified atom stereocenters. The van der Waals surface area contributed by atoms with Crippen molar-refractivity contribution in [3.8, 4) is 5.69 Å². The maximum atomic E-state index is 12.0. The number of nitrogens with zero attached hydrogens (tertiary/aromatic N) is 2. The van der Waals surface area contributed by atoms with Crippen molar-refractivity contribution < 1.29 is 4.79 Å². The Labute approximate surface area is 129 Å². The van der Waals surface area contributed by atoms with Crippen molar-refractivity contribution in [2.24, 2.45) is 5.73 Å². The number of carbonyl (C=O) groups excluding carboxylic acids is 1. The monoisotopic (exact) mass is 307 g/mol. The van der Waals surface area contributed by atoms with E-state index >= 15 is 0 Å². The van der Waals surface area contributed by atoms with Crippen LogP contribution in [0.5, 0.6) is 0 Å². The Morgan fingerprint density at radius 1 is 1.33 bits per heavy atom. The number of halogens is 1. The molecule has 0 saturated heterocycles. The average Bonchev–Trinajstić information content (AvgIpc) is 2.83. The molecule has 0 saturated carbocycles. The number of amides is 1. The third kappa shape index (κ3) is 3.61. The number of para-hydroxylation sites is 1. The molecule has 2 aromatic rings. The smallest absolute Gasteiger partial charge is 0.261 e. The van der Waals surface area contributed by atoms with E-state index in [0.29, 0.717) is 5.56 Å². The first-order valence-electron chi connectivity index (χ1n) is 6.29. The number of guanidine groups is 1. The largest absolute Gasteiger partial charge is 0.370 e. The van der Waals surface area contributed by atoms with E-state index in [2.05, 4.69) is 10.4 Å². The first-order chi connectivity index (χ1) is 9.50. The topological polar surface area (TPSA) is 96.8 Å². The van der Waals surface area contributed by atoms with Gasteiger partial charge in [0, 0.05) is 0 Å². The lowest BCUT2D eigenvalue weighted by Gasteiger charge is -2.12. The fourth-order valence-corrected chi connectivity index (χ4v) is 2.05. The Kier molecular flexibility index (Phi) is 5.49. The molecule has 1 amide bonds. The number of aromatic nitrogens is 2. The van der Waals surface area contributed by atoms with E-state index in [1.807, 2.05) is 44.2 Å². The zero-order valence-electron chi connectivity index (χ0n) is 11.8. The predicted molar refractivity (Wildman–Crippen MR) is 84.3 cm³/mol. The van der Waals surface area contributed by atoms with Gasteiger partial charge in [-0.05, 0) is 18.1 Å². The van der Waals surface area contributed by atoms with Gasteiger partial charge in [0.15, 0.2) is 5.96 Å². The van der Waals surface area contributed by atoms with E-state index < -0.39 is 5.91 Å². The Bertz CT molecular complexity index is 636. The molecule has 1 aromatic heterocycles. The van der Waals surface area contributed by atoms with Gasteiger partial charge in [0.05, 0.1) is 23.1 Å². The second-order valence-electron chi connectivity index (χ2n) is 4.71. The maximum Gasteiger partial charge on any atom is 0.261 e. The quantitative estimate of drug-likeness (QED) is 0.598. The minimum atomic E-state index is -0.414. The summed E-state index contributed by atoms with van der Waals surface area (Å²) in [6.07, 6.45) is 1.50. The highest BCUT2D eigenvalue weighted by Crippen LogP contribution is 2.22. The molecule has 0 aliphatic carbocycles. The van der Waals surface area contributed by atoms with Crippen molar-refractivity contribution in [2.75, 3.05) is 0 Å². The summed E-state index contributed by atoms with van der Waals surface area (Å²) >= 11 is 0. The number of rotatable bonds is 3. The van der Waals surface area contributed by atoms with Gasteiger partial charge < -0.3 is 5.73 Å². The molecule has 112 valence electrons. The number of nitrogens with two attached hydrogens (primary N) is 1. The zero-order chi connectivity index (χ0) is 14.7. The van der Waals surface area contributed by atoms with E-state index in [-0.39, 0.29) is 24.3 Å². The fourth-order valence-electron chi connectivity index (χ4n) is 2.05. The van der Waals surface area contributed by atoms with Gasteiger partial charge in [0.25, 0.3) is 5.91 Å².